The van der Waals surface area contributed by atoms with Gasteiger partial charge in [0.25, 0.3) is 0 Å². The van der Waals surface area contributed by atoms with Gasteiger partial charge >= 0.3 is 24.8 Å². The fourth-order valence-electron chi connectivity index (χ4n) is 1.47. The third-order valence-corrected chi connectivity index (χ3v) is 3.01. The molecule has 0 aromatic carbocycles. The predicted molar refractivity (Wildman–Crippen MR) is 73.8 cm³/mol. The van der Waals surface area contributed by atoms with Crippen molar-refractivity contribution in [2.75, 3.05) is 25.1 Å². The fraction of sp³-hybridized carbons (Fsp3) is 0.545. The van der Waals surface area contributed by atoms with Crippen molar-refractivity contribution in [2.24, 2.45) is 0 Å². The van der Waals surface area contributed by atoms with E-state index in [2.05, 4.69) is 15.3 Å². The average molecular weight is 330 g/mol. The minimum Gasteiger partial charge on any atom is -1.00 e. The van der Waals surface area contributed by atoms with Gasteiger partial charge in [-0.05, 0) is 18.5 Å². The summed E-state index contributed by atoms with van der Waals surface area (Å²) in [6.07, 6.45) is 0.192. The van der Waals surface area contributed by atoms with Gasteiger partial charge in [-0.15, -0.1) is 0 Å². The molecule has 2 atom stereocenters. The molecule has 21 heavy (non-hydrogen) atoms. The monoisotopic (exact) mass is 329 g/mol. The third-order valence-electron chi connectivity index (χ3n) is 2.48. The van der Waals surface area contributed by atoms with Gasteiger partial charge in [-0.3, -0.25) is 0 Å². The molecule has 1 saturated heterocycles. The van der Waals surface area contributed by atoms with Crippen LogP contribution in [-0.2, 0) is 9.47 Å². The number of hydrogen-bond acceptors (Lipinski definition) is 6. The number of carbonyl (C=O) groups is 1. The van der Waals surface area contributed by atoms with Crippen LogP contribution in [-0.4, -0.2) is 53.0 Å². The number of nitrogens with one attached hydrogen (secondary N) is 1. The van der Waals surface area contributed by atoms with Gasteiger partial charge in [0.1, 0.15) is 11.1 Å². The maximum atomic E-state index is 11.0. The van der Waals surface area contributed by atoms with Crippen molar-refractivity contribution in [3.8, 4) is 0 Å². The van der Waals surface area contributed by atoms with Crippen LogP contribution in [0.2, 0.25) is 10.3 Å². The van der Waals surface area contributed by atoms with Gasteiger partial charge < -0.3 is 21.3 Å². The molecule has 0 bridgehead atoms. The average Bonchev–Trinajstić information content (AvgIpc) is 3.17. The number of nitrogens with zero attached hydrogens (tertiary/aromatic N) is 2. The van der Waals surface area contributed by atoms with Gasteiger partial charge in [-0.25, -0.2) is 9.78 Å². The van der Waals surface area contributed by atoms with E-state index in [1.807, 2.05) is 6.92 Å². The smallest absolute Gasteiger partial charge is 1.00 e. The van der Waals surface area contributed by atoms with E-state index in [1.54, 1.807) is 0 Å². The molecule has 1 fully saturated rings. The first-order valence-corrected chi connectivity index (χ1v) is 6.65. The molecule has 1 aliphatic rings. The van der Waals surface area contributed by atoms with Crippen LogP contribution in [0.15, 0.2) is 0 Å². The number of anilines is 1. The second-order valence-electron chi connectivity index (χ2n) is 4.35. The summed E-state index contributed by atoms with van der Waals surface area (Å²) in [6.45, 7) is 3.52. The summed E-state index contributed by atoms with van der Waals surface area (Å²) in [4.78, 5) is 18.4. The normalized spacial score (nSPS) is 17.8. The predicted octanol–water partition coefficient (Wildman–Crippen LogP) is -1.19. The molecule has 1 aliphatic heterocycles. The van der Waals surface area contributed by atoms with Crippen LogP contribution in [0, 0.1) is 0 Å². The van der Waals surface area contributed by atoms with Gasteiger partial charge in [0.05, 0.1) is 19.8 Å². The van der Waals surface area contributed by atoms with Crippen molar-refractivity contribution in [2.45, 2.75) is 19.1 Å². The Labute approximate surface area is 145 Å². The molecule has 0 aliphatic carbocycles. The zero-order valence-electron chi connectivity index (χ0n) is 12.6. The number of rotatable bonds is 7. The van der Waals surface area contributed by atoms with E-state index in [-0.39, 0.29) is 54.3 Å². The summed E-state index contributed by atoms with van der Waals surface area (Å²) in [7, 11) is 0. The summed E-state index contributed by atoms with van der Waals surface area (Å²) >= 11 is 11.6. The molecule has 7 nitrogen and oxygen atoms in total. The molecular formula is C11H14Cl2LiN3O4. The van der Waals surface area contributed by atoms with Crippen molar-refractivity contribution >= 4 is 35.0 Å². The summed E-state index contributed by atoms with van der Waals surface area (Å²) in [5, 5.41) is 11.6. The Morgan fingerprint density at radius 2 is 2.29 bits per heavy atom. The largest absolute Gasteiger partial charge is 1.00 e. The summed E-state index contributed by atoms with van der Waals surface area (Å²) < 4.78 is 10.4. The molecule has 1 aromatic rings. The maximum Gasteiger partial charge on any atom is 1.00 e. The summed E-state index contributed by atoms with van der Waals surface area (Å²) in [6, 6.07) is -0.126. The second kappa shape index (κ2) is 8.18. The quantitative estimate of drug-likeness (QED) is 0.369. The molecule has 112 valence electrons. The number of aromatic nitrogens is 2. The Balaban J connectivity index is 0.00000220. The maximum absolute atomic E-state index is 11.0. The van der Waals surface area contributed by atoms with Crippen LogP contribution < -0.4 is 24.2 Å². The third kappa shape index (κ3) is 5.62. The Morgan fingerprint density at radius 1 is 1.62 bits per heavy atom. The van der Waals surface area contributed by atoms with Crippen LogP contribution in [0.1, 0.15) is 18.8 Å². The second-order valence-corrected chi connectivity index (χ2v) is 5.06. The molecule has 2 rings (SSSR count). The molecular weight excluding hydrogens is 316 g/mol. The molecule has 10 heteroatoms. The molecule has 2 heterocycles. The van der Waals surface area contributed by atoms with Gasteiger partial charge in [0.2, 0.25) is 5.28 Å². The van der Waals surface area contributed by atoms with E-state index in [1.165, 1.54) is 0 Å². The number of ether oxygens (including phenoxy) is 2. The summed E-state index contributed by atoms with van der Waals surface area (Å²) in [5.74, 6) is -1.10. The zero-order valence-corrected chi connectivity index (χ0v) is 13.1. The molecule has 2 N–H and O–H groups in total. The first-order valence-electron chi connectivity index (χ1n) is 5.89. The number of carboxylic acids is 1. The number of halogens is 2. The van der Waals surface area contributed by atoms with Gasteiger partial charge in [0, 0.05) is 6.04 Å². The Bertz CT molecular complexity index is 522. The van der Waals surface area contributed by atoms with E-state index in [4.69, 9.17) is 37.8 Å². The molecule has 0 saturated carbocycles. The van der Waals surface area contributed by atoms with Crippen LogP contribution in [0.4, 0.5) is 5.82 Å². The fourth-order valence-corrected chi connectivity index (χ4v) is 1.86. The van der Waals surface area contributed by atoms with Gasteiger partial charge in [0.15, 0.2) is 11.5 Å². The summed E-state index contributed by atoms with van der Waals surface area (Å²) in [5.41, 5.74) is -0.339. The topological polar surface area (TPSA) is 96.9 Å². The minimum absolute atomic E-state index is 0. The van der Waals surface area contributed by atoms with E-state index in [9.17, 15) is 4.79 Å². The van der Waals surface area contributed by atoms with Crippen LogP contribution in [0.5, 0.6) is 0 Å². The Hall–Kier alpha value is -0.553. The number of aromatic carboxylic acids is 1. The zero-order chi connectivity index (χ0) is 14.7. The molecule has 1 aromatic heterocycles. The van der Waals surface area contributed by atoms with E-state index in [0.717, 1.165) is 6.61 Å². The van der Waals surface area contributed by atoms with Crippen molar-refractivity contribution in [1.82, 2.24) is 9.97 Å². The number of carboxylic acid groups (broad SMARTS) is 1. The van der Waals surface area contributed by atoms with E-state index in [0.29, 0.717) is 13.2 Å². The first-order chi connectivity index (χ1) is 9.47. The van der Waals surface area contributed by atoms with Crippen LogP contribution in [0.25, 0.3) is 0 Å². The number of epoxide rings is 1. The van der Waals surface area contributed by atoms with Crippen LogP contribution in [0.3, 0.4) is 0 Å². The van der Waals surface area contributed by atoms with Crippen LogP contribution >= 0.6 is 23.2 Å². The SMILES string of the molecule is C[C@@H](COCC1CO1)Nc1nc(Cl)nc(C(=O)O)c1Cl.[H-].[Li+]. The molecule has 0 spiro atoms. The van der Waals surface area contributed by atoms with Crippen molar-refractivity contribution in [3.63, 3.8) is 0 Å². The van der Waals surface area contributed by atoms with E-state index < -0.39 is 5.97 Å². The van der Waals surface area contributed by atoms with Crippen molar-refractivity contribution < 1.29 is 39.7 Å². The first kappa shape index (κ1) is 18.5. The van der Waals surface area contributed by atoms with E-state index >= 15 is 0 Å². The van der Waals surface area contributed by atoms with Crippen molar-refractivity contribution in [1.29, 1.82) is 0 Å². The molecule has 0 radical (unpaired) electrons. The molecule has 0 amide bonds. The minimum atomic E-state index is -1.27. The standard InChI is InChI=1S/C11H13Cl2N3O4.Li.H/c1-5(2-19-3-6-4-20-6)14-9-7(12)8(10(17)18)15-11(13)16-9;;/h5-6H,2-4H2,1H3,(H,17,18)(H,14,15,16);;/q;+1;-1/t5-,6?;;/m0../s1. The van der Waals surface area contributed by atoms with Crippen molar-refractivity contribution in [3.05, 3.63) is 16.0 Å². The van der Waals surface area contributed by atoms with Gasteiger partial charge in [-0.2, -0.15) is 4.98 Å². The number of hydrogen-bond donors (Lipinski definition) is 2. The molecule has 1 unspecified atom stereocenters. The van der Waals surface area contributed by atoms with Gasteiger partial charge in [-0.1, -0.05) is 11.6 Å². The Kier molecular flexibility index (Phi) is 7.20. The Morgan fingerprint density at radius 3 is 2.86 bits per heavy atom.